The average molecular weight is 587 g/mol. The molecule has 1 N–H and O–H groups in total. The second kappa shape index (κ2) is 12.4. The number of hydrogen-bond donors (Lipinski definition) is 1. The maximum Gasteiger partial charge on any atom is 0.271 e. The van der Waals surface area contributed by atoms with Gasteiger partial charge in [0.15, 0.2) is 9.84 Å². The Bertz CT molecular complexity index is 1540. The molecule has 0 atom stereocenters. The molecule has 11 heteroatoms. The van der Waals surface area contributed by atoms with E-state index >= 15 is 0 Å². The summed E-state index contributed by atoms with van der Waals surface area (Å²) in [6.45, 7) is 2.21. The number of aryl methyl sites for hydroxylation is 1. The van der Waals surface area contributed by atoms with Gasteiger partial charge in [0.2, 0.25) is 5.95 Å². The van der Waals surface area contributed by atoms with Crippen molar-refractivity contribution in [2.75, 3.05) is 17.7 Å². The number of hydrogen-bond acceptors (Lipinski definition) is 8. The van der Waals surface area contributed by atoms with Crippen molar-refractivity contribution in [3.63, 3.8) is 0 Å². The SMILES string of the molecule is Cc1cc(S(=O)(=O)CCCOC2CCC(C=O)CC2)ccc1Nc1ncc2cc(Cl)c(=O)n(C3CCCC3)c2n1. The smallest absolute Gasteiger partial charge is 0.271 e. The number of carbonyl (C=O) groups is 1. The molecule has 3 aromatic rings. The van der Waals surface area contributed by atoms with Gasteiger partial charge in [0.1, 0.15) is 17.0 Å². The van der Waals surface area contributed by atoms with Crippen molar-refractivity contribution in [2.24, 2.45) is 5.92 Å². The fourth-order valence-corrected chi connectivity index (χ4v) is 7.32. The van der Waals surface area contributed by atoms with Crippen LogP contribution in [0.5, 0.6) is 0 Å². The van der Waals surface area contributed by atoms with Gasteiger partial charge in [-0.05, 0) is 81.7 Å². The lowest BCUT2D eigenvalue weighted by atomic mass is 9.88. The minimum absolute atomic E-state index is 0.00205. The number of fused-ring (bicyclic) bond motifs is 1. The standard InChI is InChI=1S/C29H35ClN4O5S/c1-19-15-24(40(37,38)14-4-13-39-23-9-7-20(18-35)8-10-23)11-12-26(19)32-29-31-17-21-16-25(30)28(36)34(27(21)33-29)22-5-2-3-6-22/h11-12,15-18,20,22-23H,2-10,13-14H2,1H3,(H,31,32,33). The Kier molecular flexibility index (Phi) is 8.87. The Hall–Kier alpha value is -2.82. The maximum absolute atomic E-state index is 13.0. The lowest BCUT2D eigenvalue weighted by Gasteiger charge is -2.25. The molecule has 9 nitrogen and oxygen atoms in total. The van der Waals surface area contributed by atoms with E-state index in [9.17, 15) is 18.0 Å². The number of aromatic nitrogens is 3. The van der Waals surface area contributed by atoms with Crippen LogP contribution in [0.1, 0.15) is 69.4 Å². The van der Waals surface area contributed by atoms with Crippen LogP contribution in [-0.2, 0) is 19.4 Å². The molecule has 214 valence electrons. The number of carbonyl (C=O) groups excluding carboxylic acids is 1. The number of rotatable bonds is 10. The third-order valence-corrected chi connectivity index (χ3v) is 10.1. The third kappa shape index (κ3) is 6.39. The Morgan fingerprint density at radius 1 is 1.12 bits per heavy atom. The first-order valence-corrected chi connectivity index (χ1v) is 16.0. The van der Waals surface area contributed by atoms with Gasteiger partial charge in [0, 0.05) is 35.8 Å². The van der Waals surface area contributed by atoms with E-state index in [4.69, 9.17) is 16.3 Å². The highest BCUT2D eigenvalue weighted by molar-refractivity contribution is 7.91. The molecule has 40 heavy (non-hydrogen) atoms. The summed E-state index contributed by atoms with van der Waals surface area (Å²) in [5.74, 6) is 0.448. The average Bonchev–Trinajstić information content (AvgIpc) is 3.48. The van der Waals surface area contributed by atoms with Crippen LogP contribution in [0.3, 0.4) is 0 Å². The molecule has 2 fully saturated rings. The van der Waals surface area contributed by atoms with Crippen molar-refractivity contribution in [1.82, 2.24) is 14.5 Å². The predicted octanol–water partition coefficient (Wildman–Crippen LogP) is 5.55. The maximum atomic E-state index is 13.0. The Balaban J connectivity index is 1.25. The van der Waals surface area contributed by atoms with Crippen LogP contribution in [0.4, 0.5) is 11.6 Å². The lowest BCUT2D eigenvalue weighted by Crippen LogP contribution is -2.25. The van der Waals surface area contributed by atoms with Crippen molar-refractivity contribution < 1.29 is 17.9 Å². The van der Waals surface area contributed by atoms with E-state index < -0.39 is 9.84 Å². The molecule has 0 unspecified atom stereocenters. The van der Waals surface area contributed by atoms with Crippen LogP contribution in [0, 0.1) is 12.8 Å². The van der Waals surface area contributed by atoms with Crippen LogP contribution in [-0.4, -0.2) is 47.7 Å². The van der Waals surface area contributed by atoms with Crippen LogP contribution in [0.2, 0.25) is 5.02 Å². The molecule has 1 aromatic carbocycles. The number of aldehydes is 1. The zero-order valence-electron chi connectivity index (χ0n) is 22.6. The van der Waals surface area contributed by atoms with Crippen molar-refractivity contribution in [2.45, 2.75) is 81.8 Å². The normalized spacial score (nSPS) is 20.1. The monoisotopic (exact) mass is 586 g/mol. The highest BCUT2D eigenvalue weighted by Crippen LogP contribution is 2.32. The molecule has 2 aliphatic carbocycles. The molecule has 2 heterocycles. The van der Waals surface area contributed by atoms with Gasteiger partial charge in [-0.25, -0.2) is 13.4 Å². The van der Waals surface area contributed by atoms with E-state index in [2.05, 4.69) is 15.3 Å². The highest BCUT2D eigenvalue weighted by Gasteiger charge is 2.23. The van der Waals surface area contributed by atoms with E-state index in [1.807, 2.05) is 6.92 Å². The number of halogens is 1. The summed E-state index contributed by atoms with van der Waals surface area (Å²) in [5, 5.41) is 4.03. The Morgan fingerprint density at radius 2 is 1.88 bits per heavy atom. The first kappa shape index (κ1) is 28.7. The number of anilines is 2. The van der Waals surface area contributed by atoms with Gasteiger partial charge < -0.3 is 14.8 Å². The summed E-state index contributed by atoms with van der Waals surface area (Å²) >= 11 is 6.23. The van der Waals surface area contributed by atoms with Gasteiger partial charge >= 0.3 is 0 Å². The Labute approximate surface area is 239 Å². The summed E-state index contributed by atoms with van der Waals surface area (Å²) < 4.78 is 33.5. The zero-order chi connectivity index (χ0) is 28.3. The van der Waals surface area contributed by atoms with Crippen molar-refractivity contribution in [3.8, 4) is 0 Å². The number of nitrogens with one attached hydrogen (secondary N) is 1. The second-order valence-electron chi connectivity index (χ2n) is 10.9. The van der Waals surface area contributed by atoms with E-state index in [0.717, 1.165) is 63.2 Å². The summed E-state index contributed by atoms with van der Waals surface area (Å²) in [7, 11) is -3.48. The van der Waals surface area contributed by atoms with Gasteiger partial charge in [-0.15, -0.1) is 0 Å². The number of pyridine rings is 1. The number of nitrogens with zero attached hydrogens (tertiary/aromatic N) is 3. The molecule has 0 bridgehead atoms. The topological polar surface area (TPSA) is 120 Å². The largest absolute Gasteiger partial charge is 0.378 e. The molecule has 0 aliphatic heterocycles. The van der Waals surface area contributed by atoms with E-state index in [1.54, 1.807) is 35.0 Å². The summed E-state index contributed by atoms with van der Waals surface area (Å²) in [4.78, 5) is 33.1. The van der Waals surface area contributed by atoms with E-state index in [-0.39, 0.29) is 39.3 Å². The summed E-state index contributed by atoms with van der Waals surface area (Å²) in [6.07, 6.45) is 10.5. The first-order valence-electron chi connectivity index (χ1n) is 14.0. The van der Waals surface area contributed by atoms with Gasteiger partial charge in [-0.1, -0.05) is 24.4 Å². The first-order chi connectivity index (χ1) is 19.2. The van der Waals surface area contributed by atoms with Gasteiger partial charge in [0.05, 0.1) is 16.8 Å². The third-order valence-electron chi connectivity index (χ3n) is 8.05. The van der Waals surface area contributed by atoms with E-state index in [1.165, 1.54) is 0 Å². The number of ether oxygens (including phenoxy) is 1. The van der Waals surface area contributed by atoms with Crippen molar-refractivity contribution in [1.29, 1.82) is 0 Å². The fourth-order valence-electron chi connectivity index (χ4n) is 5.75. The molecule has 5 rings (SSSR count). The van der Waals surface area contributed by atoms with Gasteiger partial charge in [-0.3, -0.25) is 9.36 Å². The molecular formula is C29H35ClN4O5S. The molecular weight excluding hydrogens is 552 g/mol. The Morgan fingerprint density at radius 3 is 2.58 bits per heavy atom. The molecule has 0 amide bonds. The predicted molar refractivity (Wildman–Crippen MR) is 155 cm³/mol. The zero-order valence-corrected chi connectivity index (χ0v) is 24.2. The molecule has 2 aromatic heterocycles. The minimum atomic E-state index is -3.48. The van der Waals surface area contributed by atoms with Crippen LogP contribution in [0.15, 0.2) is 40.2 Å². The quantitative estimate of drug-likeness (QED) is 0.242. The lowest BCUT2D eigenvalue weighted by molar-refractivity contribution is -0.112. The molecule has 2 aliphatic rings. The molecule has 0 spiro atoms. The molecule has 2 saturated carbocycles. The van der Waals surface area contributed by atoms with Gasteiger partial charge in [-0.2, -0.15) is 4.98 Å². The van der Waals surface area contributed by atoms with Crippen LogP contribution in [0.25, 0.3) is 11.0 Å². The summed E-state index contributed by atoms with van der Waals surface area (Å²) in [5.41, 5.74) is 1.70. The van der Waals surface area contributed by atoms with E-state index in [0.29, 0.717) is 35.7 Å². The second-order valence-corrected chi connectivity index (χ2v) is 13.4. The molecule has 0 radical (unpaired) electrons. The summed E-state index contributed by atoms with van der Waals surface area (Å²) in [6, 6.07) is 6.60. The van der Waals surface area contributed by atoms with Crippen molar-refractivity contribution in [3.05, 3.63) is 51.4 Å². The number of sulfone groups is 1. The van der Waals surface area contributed by atoms with Gasteiger partial charge in [0.25, 0.3) is 5.56 Å². The van der Waals surface area contributed by atoms with Crippen LogP contribution < -0.4 is 10.9 Å². The fraction of sp³-hybridized carbons (Fsp3) is 0.517. The molecule has 0 saturated heterocycles. The highest BCUT2D eigenvalue weighted by atomic mass is 35.5. The van der Waals surface area contributed by atoms with Crippen LogP contribution >= 0.6 is 11.6 Å². The minimum Gasteiger partial charge on any atom is -0.378 e. The number of benzene rings is 1. The van der Waals surface area contributed by atoms with Crippen molar-refractivity contribution >= 4 is 50.4 Å².